The molecule has 1 aromatic heterocycles. The first-order valence-electron chi connectivity index (χ1n) is 5.39. The maximum Gasteiger partial charge on any atom is 0.335 e. The summed E-state index contributed by atoms with van der Waals surface area (Å²) in [6.07, 6.45) is 0. The zero-order valence-electron chi connectivity index (χ0n) is 9.73. The Labute approximate surface area is 98.9 Å². The normalized spacial score (nSPS) is 10.5. The quantitative estimate of drug-likeness (QED) is 0.882. The van der Waals surface area contributed by atoms with Gasteiger partial charge < -0.3 is 9.84 Å². The Kier molecular flexibility index (Phi) is 2.95. The highest BCUT2D eigenvalue weighted by atomic mass is 16.5. The summed E-state index contributed by atoms with van der Waals surface area (Å²) in [4.78, 5) is 15.2. The van der Waals surface area contributed by atoms with Gasteiger partial charge in [0.2, 0.25) is 5.88 Å². The number of hydrogen-bond acceptors (Lipinski definition) is 3. The van der Waals surface area contributed by atoms with Gasteiger partial charge in [0.15, 0.2) is 0 Å². The summed E-state index contributed by atoms with van der Waals surface area (Å²) in [5.74, 6) is -0.332. The Morgan fingerprint density at radius 2 is 2.18 bits per heavy atom. The molecule has 4 nitrogen and oxygen atoms in total. The molecule has 0 aliphatic carbocycles. The first-order chi connectivity index (χ1) is 8.11. The lowest BCUT2D eigenvalue weighted by atomic mass is 10.1. The Hall–Kier alpha value is -2.10. The van der Waals surface area contributed by atoms with Crippen LogP contribution in [0.5, 0.6) is 5.88 Å². The van der Waals surface area contributed by atoms with E-state index in [1.54, 1.807) is 18.2 Å². The maximum absolute atomic E-state index is 10.9. The fraction of sp³-hybridized carbons (Fsp3) is 0.231. The SMILES string of the molecule is CCOc1nc2ccc(C(=O)O)cc2cc1C. The molecule has 0 saturated heterocycles. The van der Waals surface area contributed by atoms with Crippen LogP contribution in [0.15, 0.2) is 24.3 Å². The maximum atomic E-state index is 10.9. The van der Waals surface area contributed by atoms with E-state index in [0.717, 1.165) is 16.5 Å². The molecule has 2 rings (SSSR count). The van der Waals surface area contributed by atoms with Crippen LogP contribution in [0.2, 0.25) is 0 Å². The molecule has 1 N–H and O–H groups in total. The second-order valence-electron chi connectivity index (χ2n) is 3.76. The van der Waals surface area contributed by atoms with E-state index >= 15 is 0 Å². The van der Waals surface area contributed by atoms with Gasteiger partial charge in [-0.05, 0) is 38.1 Å². The van der Waals surface area contributed by atoms with Crippen LogP contribution in [0.3, 0.4) is 0 Å². The molecule has 0 unspecified atom stereocenters. The molecule has 0 fully saturated rings. The van der Waals surface area contributed by atoms with Crippen molar-refractivity contribution in [3.63, 3.8) is 0 Å². The number of nitrogens with zero attached hydrogens (tertiary/aromatic N) is 1. The number of carbonyl (C=O) groups is 1. The van der Waals surface area contributed by atoms with Gasteiger partial charge in [0.1, 0.15) is 0 Å². The monoisotopic (exact) mass is 231 g/mol. The highest BCUT2D eigenvalue weighted by Gasteiger charge is 2.07. The van der Waals surface area contributed by atoms with Gasteiger partial charge in [-0.25, -0.2) is 9.78 Å². The largest absolute Gasteiger partial charge is 0.478 e. The summed E-state index contributed by atoms with van der Waals surface area (Å²) in [5.41, 5.74) is 1.91. The fourth-order valence-corrected chi connectivity index (χ4v) is 1.68. The van der Waals surface area contributed by atoms with Crippen molar-refractivity contribution < 1.29 is 14.6 Å². The summed E-state index contributed by atoms with van der Waals surface area (Å²) in [5, 5.41) is 9.72. The molecule has 0 radical (unpaired) electrons. The van der Waals surface area contributed by atoms with E-state index < -0.39 is 5.97 Å². The van der Waals surface area contributed by atoms with E-state index in [1.165, 1.54) is 0 Å². The molecule has 17 heavy (non-hydrogen) atoms. The van der Waals surface area contributed by atoms with Crippen molar-refractivity contribution in [2.45, 2.75) is 13.8 Å². The lowest BCUT2D eigenvalue weighted by molar-refractivity contribution is 0.0697. The van der Waals surface area contributed by atoms with E-state index in [4.69, 9.17) is 9.84 Å². The van der Waals surface area contributed by atoms with Crippen molar-refractivity contribution in [1.29, 1.82) is 0 Å². The van der Waals surface area contributed by atoms with Crippen molar-refractivity contribution in [2.24, 2.45) is 0 Å². The fourth-order valence-electron chi connectivity index (χ4n) is 1.68. The molecule has 0 spiro atoms. The Bertz CT molecular complexity index is 578. The second kappa shape index (κ2) is 4.41. The molecule has 1 aromatic carbocycles. The van der Waals surface area contributed by atoms with E-state index in [0.29, 0.717) is 12.5 Å². The van der Waals surface area contributed by atoms with Crippen LogP contribution in [0.4, 0.5) is 0 Å². The molecule has 4 heteroatoms. The van der Waals surface area contributed by atoms with Crippen LogP contribution < -0.4 is 4.74 Å². The Morgan fingerprint density at radius 3 is 2.82 bits per heavy atom. The molecule has 0 aliphatic rings. The molecule has 1 heterocycles. The number of benzene rings is 1. The predicted octanol–water partition coefficient (Wildman–Crippen LogP) is 2.64. The van der Waals surface area contributed by atoms with Crippen molar-refractivity contribution >= 4 is 16.9 Å². The number of carboxylic acids is 1. The Morgan fingerprint density at radius 1 is 1.41 bits per heavy atom. The third-order valence-corrected chi connectivity index (χ3v) is 2.49. The number of pyridine rings is 1. The van der Waals surface area contributed by atoms with Gasteiger partial charge in [0, 0.05) is 10.9 Å². The lowest BCUT2D eigenvalue weighted by Crippen LogP contribution is -1.99. The minimum atomic E-state index is -0.932. The van der Waals surface area contributed by atoms with Crippen molar-refractivity contribution in [3.05, 3.63) is 35.4 Å². The van der Waals surface area contributed by atoms with Gasteiger partial charge in [0.05, 0.1) is 17.7 Å². The molecule has 0 atom stereocenters. The van der Waals surface area contributed by atoms with Gasteiger partial charge in [0.25, 0.3) is 0 Å². The standard InChI is InChI=1S/C13H13NO3/c1-3-17-12-8(2)6-10-7-9(13(15)16)4-5-11(10)14-12/h4-7H,3H2,1-2H3,(H,15,16). The third-order valence-electron chi connectivity index (χ3n) is 2.49. The Balaban J connectivity index is 2.57. The van der Waals surface area contributed by atoms with E-state index in [1.807, 2.05) is 19.9 Å². The molecule has 0 aliphatic heterocycles. The highest BCUT2D eigenvalue weighted by molar-refractivity contribution is 5.93. The van der Waals surface area contributed by atoms with Crippen LogP contribution in [0, 0.1) is 6.92 Å². The minimum Gasteiger partial charge on any atom is -0.478 e. The average Bonchev–Trinajstić information content (AvgIpc) is 2.29. The number of hydrogen-bond donors (Lipinski definition) is 1. The number of aromatic carboxylic acids is 1. The van der Waals surface area contributed by atoms with Gasteiger partial charge in [-0.3, -0.25) is 0 Å². The van der Waals surface area contributed by atoms with Crippen LogP contribution in [-0.2, 0) is 0 Å². The van der Waals surface area contributed by atoms with Crippen molar-refractivity contribution in [2.75, 3.05) is 6.61 Å². The zero-order chi connectivity index (χ0) is 12.4. The molecular weight excluding hydrogens is 218 g/mol. The van der Waals surface area contributed by atoms with Crippen LogP contribution >= 0.6 is 0 Å². The molecule has 88 valence electrons. The molecule has 0 amide bonds. The number of aryl methyl sites for hydroxylation is 1. The van der Waals surface area contributed by atoms with Crippen molar-refractivity contribution in [1.82, 2.24) is 4.98 Å². The number of carboxylic acid groups (broad SMARTS) is 1. The second-order valence-corrected chi connectivity index (χ2v) is 3.76. The summed E-state index contributed by atoms with van der Waals surface area (Å²) in [7, 11) is 0. The number of aromatic nitrogens is 1. The molecule has 2 aromatic rings. The van der Waals surface area contributed by atoms with Gasteiger partial charge >= 0.3 is 5.97 Å². The van der Waals surface area contributed by atoms with Crippen LogP contribution in [-0.4, -0.2) is 22.7 Å². The number of rotatable bonds is 3. The van der Waals surface area contributed by atoms with Gasteiger partial charge in [-0.1, -0.05) is 0 Å². The molecular formula is C13H13NO3. The van der Waals surface area contributed by atoms with E-state index in [2.05, 4.69) is 4.98 Å². The topological polar surface area (TPSA) is 59.4 Å². The summed E-state index contributed by atoms with van der Waals surface area (Å²) >= 11 is 0. The zero-order valence-corrected chi connectivity index (χ0v) is 9.73. The van der Waals surface area contributed by atoms with Gasteiger partial charge in [-0.2, -0.15) is 0 Å². The van der Waals surface area contributed by atoms with E-state index in [-0.39, 0.29) is 5.56 Å². The van der Waals surface area contributed by atoms with Crippen LogP contribution in [0.1, 0.15) is 22.8 Å². The van der Waals surface area contributed by atoms with E-state index in [9.17, 15) is 4.79 Å². The average molecular weight is 231 g/mol. The summed E-state index contributed by atoms with van der Waals surface area (Å²) in [6, 6.07) is 6.75. The predicted molar refractivity (Wildman–Crippen MR) is 64.6 cm³/mol. The summed E-state index contributed by atoms with van der Waals surface area (Å²) < 4.78 is 5.39. The van der Waals surface area contributed by atoms with Crippen molar-refractivity contribution in [3.8, 4) is 5.88 Å². The van der Waals surface area contributed by atoms with Crippen LogP contribution in [0.25, 0.3) is 10.9 Å². The highest BCUT2D eigenvalue weighted by Crippen LogP contribution is 2.22. The number of fused-ring (bicyclic) bond motifs is 1. The first kappa shape index (κ1) is 11.4. The summed E-state index contributed by atoms with van der Waals surface area (Å²) in [6.45, 7) is 4.36. The molecule has 0 bridgehead atoms. The molecule has 0 saturated carbocycles. The number of ether oxygens (including phenoxy) is 1. The minimum absolute atomic E-state index is 0.267. The first-order valence-corrected chi connectivity index (χ1v) is 5.39. The van der Waals surface area contributed by atoms with Gasteiger partial charge in [-0.15, -0.1) is 0 Å². The smallest absolute Gasteiger partial charge is 0.335 e. The third kappa shape index (κ3) is 2.20. The lowest BCUT2D eigenvalue weighted by Gasteiger charge is -2.07.